The van der Waals surface area contributed by atoms with Crippen molar-refractivity contribution in [2.24, 2.45) is 5.92 Å². The fraction of sp³-hybridized carbons (Fsp3) is 0.647. The lowest BCUT2D eigenvalue weighted by atomic mass is 10.1. The van der Waals surface area contributed by atoms with Gasteiger partial charge in [-0.05, 0) is 56.7 Å². The van der Waals surface area contributed by atoms with E-state index in [1.807, 2.05) is 26.0 Å². The van der Waals surface area contributed by atoms with Gasteiger partial charge in [0.2, 0.25) is 10.0 Å². The smallest absolute Gasteiger partial charge is 0.243 e. The van der Waals surface area contributed by atoms with Gasteiger partial charge in [-0.2, -0.15) is 4.31 Å². The lowest BCUT2D eigenvalue weighted by molar-refractivity contribution is 0.133. The summed E-state index contributed by atoms with van der Waals surface area (Å²) in [6, 6.07) is 6.26. The summed E-state index contributed by atoms with van der Waals surface area (Å²) in [5, 5.41) is 0. The van der Waals surface area contributed by atoms with Crippen molar-refractivity contribution in [1.29, 1.82) is 0 Å². The number of hydrogen-bond acceptors (Lipinski definition) is 3. The second kappa shape index (κ2) is 5.95. The van der Waals surface area contributed by atoms with Crippen LogP contribution in [-0.2, 0) is 10.0 Å². The van der Waals surface area contributed by atoms with Crippen LogP contribution >= 0.6 is 0 Å². The predicted molar refractivity (Wildman–Crippen MR) is 88.4 cm³/mol. The minimum Gasteiger partial charge on any atom is -0.298 e. The van der Waals surface area contributed by atoms with Gasteiger partial charge >= 0.3 is 0 Å². The van der Waals surface area contributed by atoms with Crippen LogP contribution in [0.15, 0.2) is 23.1 Å². The van der Waals surface area contributed by atoms with Crippen LogP contribution < -0.4 is 0 Å². The summed E-state index contributed by atoms with van der Waals surface area (Å²) in [5.74, 6) is 0.835. The van der Waals surface area contributed by atoms with E-state index in [9.17, 15) is 8.42 Å². The monoisotopic (exact) mass is 322 g/mol. The van der Waals surface area contributed by atoms with Crippen LogP contribution in [0.5, 0.6) is 0 Å². The van der Waals surface area contributed by atoms with Crippen LogP contribution in [0, 0.1) is 19.8 Å². The summed E-state index contributed by atoms with van der Waals surface area (Å²) in [6.45, 7) is 9.00. The SMILES string of the molecule is Cc1ccc(C)c(S(=O)(=O)N2CCN(C(C)C3CC3)CC2)c1. The van der Waals surface area contributed by atoms with Gasteiger partial charge in [0, 0.05) is 32.2 Å². The third kappa shape index (κ3) is 3.07. The van der Waals surface area contributed by atoms with Crippen molar-refractivity contribution in [1.82, 2.24) is 9.21 Å². The molecule has 1 saturated carbocycles. The second-order valence-corrected chi connectivity index (χ2v) is 8.69. The number of benzene rings is 1. The Kier molecular flexibility index (Phi) is 4.32. The molecule has 1 heterocycles. The topological polar surface area (TPSA) is 40.6 Å². The average Bonchev–Trinajstić information content (AvgIpc) is 3.34. The summed E-state index contributed by atoms with van der Waals surface area (Å²) < 4.78 is 27.4. The molecule has 2 aliphatic rings. The molecule has 0 amide bonds. The molecule has 0 N–H and O–H groups in total. The molecule has 1 saturated heterocycles. The highest BCUT2D eigenvalue weighted by Crippen LogP contribution is 2.35. The van der Waals surface area contributed by atoms with E-state index in [2.05, 4.69) is 11.8 Å². The molecule has 0 radical (unpaired) electrons. The minimum absolute atomic E-state index is 0.469. The van der Waals surface area contributed by atoms with Gasteiger partial charge in [-0.15, -0.1) is 0 Å². The van der Waals surface area contributed by atoms with E-state index in [0.29, 0.717) is 24.0 Å². The average molecular weight is 322 g/mol. The molecule has 1 aliphatic carbocycles. The molecule has 4 nitrogen and oxygen atoms in total. The molecule has 0 bridgehead atoms. The predicted octanol–water partition coefficient (Wildman–Crippen LogP) is 2.41. The maximum Gasteiger partial charge on any atom is 0.243 e. The summed E-state index contributed by atoms with van der Waals surface area (Å²) >= 11 is 0. The summed E-state index contributed by atoms with van der Waals surface area (Å²) in [7, 11) is -3.36. The quantitative estimate of drug-likeness (QED) is 0.855. The molecule has 2 fully saturated rings. The molecule has 22 heavy (non-hydrogen) atoms. The fourth-order valence-corrected chi connectivity index (χ4v) is 5.08. The van der Waals surface area contributed by atoms with Crippen molar-refractivity contribution >= 4 is 10.0 Å². The third-order valence-corrected chi connectivity index (χ3v) is 7.16. The van der Waals surface area contributed by atoms with E-state index in [-0.39, 0.29) is 0 Å². The van der Waals surface area contributed by atoms with Crippen molar-refractivity contribution < 1.29 is 8.42 Å². The van der Waals surface area contributed by atoms with Crippen LogP contribution in [0.25, 0.3) is 0 Å². The largest absolute Gasteiger partial charge is 0.298 e. The van der Waals surface area contributed by atoms with E-state index in [1.54, 1.807) is 10.4 Å². The molecular formula is C17H26N2O2S. The molecule has 1 aromatic rings. The first-order valence-electron chi connectivity index (χ1n) is 8.21. The Hall–Kier alpha value is -0.910. The highest BCUT2D eigenvalue weighted by atomic mass is 32.2. The standard InChI is InChI=1S/C17H26N2O2S/c1-13-4-5-14(2)17(12-13)22(20,21)19-10-8-18(9-11-19)15(3)16-6-7-16/h4-5,12,15-16H,6-11H2,1-3H3. The summed E-state index contributed by atoms with van der Waals surface area (Å²) in [5.41, 5.74) is 1.82. The maximum absolute atomic E-state index is 12.9. The van der Waals surface area contributed by atoms with Crippen LogP contribution in [0.3, 0.4) is 0 Å². The highest BCUT2D eigenvalue weighted by molar-refractivity contribution is 7.89. The van der Waals surface area contributed by atoms with Crippen molar-refractivity contribution in [3.63, 3.8) is 0 Å². The number of sulfonamides is 1. The zero-order valence-electron chi connectivity index (χ0n) is 13.7. The van der Waals surface area contributed by atoms with Crippen LogP contribution in [0.2, 0.25) is 0 Å². The molecule has 3 rings (SSSR count). The number of aryl methyl sites for hydroxylation is 2. The molecule has 5 heteroatoms. The number of piperazine rings is 1. The van der Waals surface area contributed by atoms with Gasteiger partial charge in [0.1, 0.15) is 0 Å². The first-order valence-corrected chi connectivity index (χ1v) is 9.65. The Bertz CT molecular complexity index is 645. The van der Waals surface area contributed by atoms with Crippen LogP contribution in [0.4, 0.5) is 0 Å². The highest BCUT2D eigenvalue weighted by Gasteiger charge is 2.36. The molecule has 122 valence electrons. The normalized spacial score (nSPS) is 22.7. The lowest BCUT2D eigenvalue weighted by Crippen LogP contribution is -2.51. The lowest BCUT2D eigenvalue weighted by Gasteiger charge is -2.37. The number of hydrogen-bond donors (Lipinski definition) is 0. The van der Waals surface area contributed by atoms with Gasteiger partial charge in [0.25, 0.3) is 0 Å². The van der Waals surface area contributed by atoms with Crippen molar-refractivity contribution in [3.8, 4) is 0 Å². The van der Waals surface area contributed by atoms with E-state index in [1.165, 1.54) is 12.8 Å². The fourth-order valence-electron chi connectivity index (χ4n) is 3.35. The number of rotatable bonds is 4. The van der Waals surface area contributed by atoms with Crippen molar-refractivity contribution in [2.45, 2.75) is 44.6 Å². The summed E-state index contributed by atoms with van der Waals surface area (Å²) in [6.07, 6.45) is 2.67. The molecular weight excluding hydrogens is 296 g/mol. The minimum atomic E-state index is -3.36. The van der Waals surface area contributed by atoms with E-state index in [4.69, 9.17) is 0 Å². The number of nitrogens with zero attached hydrogens (tertiary/aromatic N) is 2. The van der Waals surface area contributed by atoms with Crippen molar-refractivity contribution in [3.05, 3.63) is 29.3 Å². The molecule has 0 aromatic heterocycles. The van der Waals surface area contributed by atoms with E-state index < -0.39 is 10.0 Å². The Morgan fingerprint density at radius 1 is 1.09 bits per heavy atom. The first-order chi connectivity index (χ1) is 10.4. The zero-order chi connectivity index (χ0) is 15.9. The zero-order valence-corrected chi connectivity index (χ0v) is 14.6. The molecule has 0 spiro atoms. The Balaban J connectivity index is 1.73. The van der Waals surface area contributed by atoms with Gasteiger partial charge in [-0.25, -0.2) is 8.42 Å². The molecule has 1 aliphatic heterocycles. The van der Waals surface area contributed by atoms with E-state index in [0.717, 1.165) is 30.1 Å². The van der Waals surface area contributed by atoms with Gasteiger partial charge in [0.15, 0.2) is 0 Å². The first kappa shape index (κ1) is 16.0. The van der Waals surface area contributed by atoms with Crippen LogP contribution in [-0.4, -0.2) is 49.8 Å². The Labute approximate surface area is 134 Å². The maximum atomic E-state index is 12.9. The van der Waals surface area contributed by atoms with Crippen LogP contribution in [0.1, 0.15) is 30.9 Å². The van der Waals surface area contributed by atoms with Crippen molar-refractivity contribution in [2.75, 3.05) is 26.2 Å². The van der Waals surface area contributed by atoms with Gasteiger partial charge in [-0.1, -0.05) is 12.1 Å². The Morgan fingerprint density at radius 3 is 2.32 bits per heavy atom. The Morgan fingerprint density at radius 2 is 1.73 bits per heavy atom. The van der Waals surface area contributed by atoms with Gasteiger partial charge in [0.05, 0.1) is 4.90 Å². The molecule has 1 atom stereocenters. The summed E-state index contributed by atoms with van der Waals surface area (Å²) in [4.78, 5) is 2.92. The molecule has 1 aromatic carbocycles. The van der Waals surface area contributed by atoms with E-state index >= 15 is 0 Å². The molecule has 1 unspecified atom stereocenters. The van der Waals surface area contributed by atoms with Gasteiger partial charge < -0.3 is 0 Å². The van der Waals surface area contributed by atoms with Gasteiger partial charge in [-0.3, -0.25) is 4.90 Å². The third-order valence-electron chi connectivity index (χ3n) is 5.11. The second-order valence-electron chi connectivity index (χ2n) is 6.79.